The van der Waals surface area contributed by atoms with Crippen LogP contribution < -0.4 is 14.6 Å². The minimum Gasteiger partial charge on any atom is -0.491 e. The molecule has 4 aromatic rings. The lowest BCUT2D eigenvalue weighted by Gasteiger charge is -2.38. The van der Waals surface area contributed by atoms with Crippen LogP contribution in [0.1, 0.15) is 12.5 Å². The molecule has 0 N–H and O–H groups in total. The van der Waals surface area contributed by atoms with E-state index in [4.69, 9.17) is 37.4 Å². The number of benzene rings is 2. The van der Waals surface area contributed by atoms with E-state index in [1.807, 2.05) is 30.6 Å². The molecule has 0 aliphatic carbocycles. The number of nitrogens with zero attached hydrogens (tertiary/aromatic N) is 7. The van der Waals surface area contributed by atoms with Gasteiger partial charge in [-0.25, -0.2) is 19.3 Å². The van der Waals surface area contributed by atoms with E-state index < -0.39 is 5.79 Å². The summed E-state index contributed by atoms with van der Waals surface area (Å²) in [6, 6.07) is 13.5. The lowest BCUT2D eigenvalue weighted by atomic mass is 10.1. The molecular formula is C28H31Cl2N7O3S. The highest BCUT2D eigenvalue weighted by Crippen LogP contribution is 2.40. The van der Waals surface area contributed by atoms with Crippen LogP contribution in [0.5, 0.6) is 5.75 Å². The molecule has 2 aromatic carbocycles. The Morgan fingerprint density at radius 2 is 1.93 bits per heavy atom. The molecule has 2 aliphatic rings. The quantitative estimate of drug-likeness (QED) is 0.236. The Bertz CT molecular complexity index is 1430. The predicted molar refractivity (Wildman–Crippen MR) is 160 cm³/mol. The maximum absolute atomic E-state index is 6.56. The monoisotopic (exact) mass is 615 g/mol. The van der Waals surface area contributed by atoms with Crippen LogP contribution in [-0.2, 0) is 21.8 Å². The second kappa shape index (κ2) is 12.5. The van der Waals surface area contributed by atoms with Crippen LogP contribution in [-0.4, -0.2) is 75.7 Å². The van der Waals surface area contributed by atoms with Gasteiger partial charge in [-0.1, -0.05) is 48.0 Å². The van der Waals surface area contributed by atoms with Crippen LogP contribution in [0.2, 0.25) is 10.0 Å². The number of hydrogen-bond acceptors (Lipinski definition) is 9. The van der Waals surface area contributed by atoms with E-state index in [0.29, 0.717) is 28.8 Å². The van der Waals surface area contributed by atoms with Crippen LogP contribution in [0, 0.1) is 0 Å². The molecule has 2 atom stereocenters. The first kappa shape index (κ1) is 28.2. The van der Waals surface area contributed by atoms with Crippen molar-refractivity contribution >= 4 is 40.7 Å². The molecule has 216 valence electrons. The van der Waals surface area contributed by atoms with Gasteiger partial charge in [0, 0.05) is 41.8 Å². The number of aromatic nitrogens is 5. The Kier molecular flexibility index (Phi) is 8.59. The van der Waals surface area contributed by atoms with E-state index in [9.17, 15) is 0 Å². The molecule has 0 radical (unpaired) electrons. The van der Waals surface area contributed by atoms with Gasteiger partial charge >= 0.3 is 0 Å². The van der Waals surface area contributed by atoms with E-state index in [1.165, 1.54) is 12.0 Å². The molecule has 6 rings (SSSR count). The summed E-state index contributed by atoms with van der Waals surface area (Å²) >= 11 is 14.5. The molecule has 0 unspecified atom stereocenters. The first-order chi connectivity index (χ1) is 20.0. The molecule has 0 spiro atoms. The number of thioether (sulfide) groups is 1. The molecule has 10 nitrogen and oxygen atoms in total. The third kappa shape index (κ3) is 6.29. The molecule has 41 heavy (non-hydrogen) atoms. The smallest absolute Gasteiger partial charge is 0.217 e. The molecule has 4 heterocycles. The van der Waals surface area contributed by atoms with E-state index in [0.717, 1.165) is 42.8 Å². The average molecular weight is 617 g/mol. The second-order valence-electron chi connectivity index (χ2n) is 9.75. The molecule has 13 heteroatoms. The fourth-order valence-corrected chi connectivity index (χ4v) is 6.38. The standard InChI is InChI=1S/C28H31Cl2N7O3S/c1-2-41-27-32-9-10-37(27)36-13-11-34(12-14-36)22-4-6-23(7-5-22)38-16-24-17-39-28(40-24,18-35-20-31-19-33-35)25-8-3-21(29)15-26(25)30/h3-10,15,19-20,24H,2,11-14,16-18H2,1H3/t24-,28-/m1/s1. The average Bonchev–Trinajstić information content (AvgIpc) is 3.75. The zero-order chi connectivity index (χ0) is 28.2. The highest BCUT2D eigenvalue weighted by molar-refractivity contribution is 7.99. The Labute approximate surface area is 253 Å². The number of piperazine rings is 1. The van der Waals surface area contributed by atoms with Gasteiger partial charge < -0.3 is 24.1 Å². The SMILES string of the molecule is CCSc1nccn1N1CCN(c2ccc(OC[C@@H]3CO[C@@](Cn4cncn4)(c4ccc(Cl)cc4Cl)O3)cc2)CC1. The normalized spacial score (nSPS) is 21.0. The molecule has 0 bridgehead atoms. The van der Waals surface area contributed by atoms with Crippen LogP contribution in [0.3, 0.4) is 0 Å². The van der Waals surface area contributed by atoms with Crippen molar-refractivity contribution in [3.8, 4) is 5.75 Å². The predicted octanol–water partition coefficient (Wildman–Crippen LogP) is 4.70. The van der Waals surface area contributed by atoms with Crippen molar-refractivity contribution in [2.75, 3.05) is 55.1 Å². The van der Waals surface area contributed by atoms with Crippen LogP contribution in [0.15, 0.2) is 72.7 Å². The Morgan fingerprint density at radius 1 is 1.10 bits per heavy atom. The topological polar surface area (TPSA) is 82.7 Å². The molecule has 2 fully saturated rings. The van der Waals surface area contributed by atoms with E-state index in [1.54, 1.807) is 34.9 Å². The van der Waals surface area contributed by atoms with Crippen molar-refractivity contribution in [1.82, 2.24) is 24.4 Å². The van der Waals surface area contributed by atoms with Crippen molar-refractivity contribution < 1.29 is 14.2 Å². The van der Waals surface area contributed by atoms with Gasteiger partial charge in [-0.15, -0.1) is 0 Å². The molecule has 0 amide bonds. The third-order valence-electron chi connectivity index (χ3n) is 7.10. The molecule has 2 aromatic heterocycles. The zero-order valence-corrected chi connectivity index (χ0v) is 24.9. The molecular weight excluding hydrogens is 585 g/mol. The van der Waals surface area contributed by atoms with Gasteiger partial charge in [-0.3, -0.25) is 0 Å². The zero-order valence-electron chi connectivity index (χ0n) is 22.6. The van der Waals surface area contributed by atoms with Crippen molar-refractivity contribution in [3.05, 3.63) is 83.1 Å². The van der Waals surface area contributed by atoms with E-state index in [-0.39, 0.29) is 12.6 Å². The minimum absolute atomic E-state index is 0.284. The molecule has 2 saturated heterocycles. The minimum atomic E-state index is -1.14. The van der Waals surface area contributed by atoms with E-state index in [2.05, 4.69) is 48.7 Å². The first-order valence-electron chi connectivity index (χ1n) is 13.5. The van der Waals surface area contributed by atoms with Gasteiger partial charge in [0.2, 0.25) is 5.79 Å². The van der Waals surface area contributed by atoms with E-state index >= 15 is 0 Å². The van der Waals surface area contributed by atoms with Gasteiger partial charge in [0.15, 0.2) is 5.16 Å². The fourth-order valence-electron chi connectivity index (χ4n) is 5.13. The van der Waals surface area contributed by atoms with Gasteiger partial charge in [-0.2, -0.15) is 5.10 Å². The number of anilines is 1. The first-order valence-corrected chi connectivity index (χ1v) is 15.3. The Balaban J connectivity index is 1.05. The van der Waals surface area contributed by atoms with Crippen molar-refractivity contribution in [2.24, 2.45) is 0 Å². The largest absolute Gasteiger partial charge is 0.491 e. The third-order valence-corrected chi connectivity index (χ3v) is 8.49. The molecule has 2 aliphatic heterocycles. The number of imidazole rings is 1. The van der Waals surface area contributed by atoms with Crippen molar-refractivity contribution in [2.45, 2.75) is 30.5 Å². The maximum Gasteiger partial charge on any atom is 0.217 e. The highest BCUT2D eigenvalue weighted by Gasteiger charge is 2.45. The summed E-state index contributed by atoms with van der Waals surface area (Å²) in [6.45, 7) is 6.82. The summed E-state index contributed by atoms with van der Waals surface area (Å²) in [6.07, 6.45) is 6.69. The van der Waals surface area contributed by atoms with Crippen molar-refractivity contribution in [3.63, 3.8) is 0 Å². The maximum atomic E-state index is 6.56. The van der Waals surface area contributed by atoms with Gasteiger partial charge in [0.25, 0.3) is 0 Å². The van der Waals surface area contributed by atoms with Crippen molar-refractivity contribution in [1.29, 1.82) is 0 Å². The summed E-state index contributed by atoms with van der Waals surface area (Å²) in [4.78, 5) is 10.9. The second-order valence-corrected chi connectivity index (χ2v) is 11.8. The Hall–Kier alpha value is -2.96. The van der Waals surface area contributed by atoms with Gasteiger partial charge in [0.1, 0.15) is 37.7 Å². The highest BCUT2D eigenvalue weighted by atomic mass is 35.5. The fraction of sp³-hybridized carbons (Fsp3) is 0.393. The number of halogens is 2. The van der Waals surface area contributed by atoms with Crippen LogP contribution >= 0.6 is 35.0 Å². The summed E-state index contributed by atoms with van der Waals surface area (Å²) in [5, 5.41) is 8.62. The summed E-state index contributed by atoms with van der Waals surface area (Å²) in [7, 11) is 0. The summed E-state index contributed by atoms with van der Waals surface area (Å²) in [5.41, 5.74) is 1.86. The number of hydrogen-bond donors (Lipinski definition) is 0. The molecule has 0 saturated carbocycles. The summed E-state index contributed by atoms with van der Waals surface area (Å²) < 4.78 is 22.6. The lowest BCUT2D eigenvalue weighted by molar-refractivity contribution is -0.190. The van der Waals surface area contributed by atoms with Gasteiger partial charge in [0.05, 0.1) is 24.7 Å². The Morgan fingerprint density at radius 3 is 2.66 bits per heavy atom. The van der Waals surface area contributed by atoms with Gasteiger partial charge in [-0.05, 0) is 42.2 Å². The number of rotatable bonds is 10. The number of ether oxygens (including phenoxy) is 3. The summed E-state index contributed by atoms with van der Waals surface area (Å²) in [5.74, 6) is 0.641. The lowest BCUT2D eigenvalue weighted by Crippen LogP contribution is -2.51. The van der Waals surface area contributed by atoms with Crippen LogP contribution in [0.25, 0.3) is 0 Å². The van der Waals surface area contributed by atoms with Crippen LogP contribution in [0.4, 0.5) is 5.69 Å².